The van der Waals surface area contributed by atoms with Crippen LogP contribution in [-0.4, -0.2) is 86.8 Å². The summed E-state index contributed by atoms with van der Waals surface area (Å²) in [6, 6.07) is 6.56. The van der Waals surface area contributed by atoms with Crippen molar-refractivity contribution in [3.63, 3.8) is 0 Å². The number of aliphatic carboxylic acids is 2. The number of rotatable bonds is 18. The van der Waals surface area contributed by atoms with E-state index in [9.17, 15) is 44.4 Å². The van der Waals surface area contributed by atoms with Crippen molar-refractivity contribution in [1.29, 1.82) is 0 Å². The Morgan fingerprint density at radius 2 is 1.18 bits per heavy atom. The lowest BCUT2D eigenvalue weighted by Crippen LogP contribution is -2.57. The predicted molar refractivity (Wildman–Crippen MR) is 162 cm³/mol. The minimum Gasteiger partial charge on any atom is -0.508 e. The molecule has 0 fully saturated rings. The summed E-state index contributed by atoms with van der Waals surface area (Å²) in [5.41, 5.74) is 17.8. The topological polar surface area (TPSA) is 293 Å². The van der Waals surface area contributed by atoms with Gasteiger partial charge in [-0.1, -0.05) is 24.3 Å². The molecule has 0 saturated carbocycles. The molecule has 244 valence electrons. The largest absolute Gasteiger partial charge is 0.508 e. The van der Waals surface area contributed by atoms with Gasteiger partial charge < -0.3 is 53.6 Å². The van der Waals surface area contributed by atoms with Gasteiger partial charge in [0.05, 0.1) is 6.04 Å². The second-order valence-corrected chi connectivity index (χ2v) is 10.3. The molecule has 0 bridgehead atoms. The average molecular weight is 630 g/mol. The fourth-order valence-corrected chi connectivity index (χ4v) is 4.18. The van der Waals surface area contributed by atoms with Crippen LogP contribution in [-0.2, 0) is 36.8 Å². The van der Waals surface area contributed by atoms with Crippen molar-refractivity contribution >= 4 is 35.6 Å². The molecule has 0 aliphatic heterocycles. The molecule has 0 aromatic heterocycles. The quantitative estimate of drug-likeness (QED) is 0.0521. The molecule has 45 heavy (non-hydrogen) atoms. The van der Waals surface area contributed by atoms with Crippen LogP contribution in [0.3, 0.4) is 0 Å². The molecule has 16 nitrogen and oxygen atoms in total. The van der Waals surface area contributed by atoms with Gasteiger partial charge in [0, 0.05) is 19.4 Å². The molecule has 2 aromatic carbocycles. The number of carboxylic acids is 2. The monoisotopic (exact) mass is 629 g/mol. The Morgan fingerprint density at radius 3 is 1.69 bits per heavy atom. The molecule has 0 aliphatic carbocycles. The van der Waals surface area contributed by atoms with Crippen LogP contribution in [0.5, 0.6) is 11.5 Å². The standard InChI is InChI=1S/C29H39N7O9/c30-20(14-16-3-7-18(37)8-4-16)25(41)36-23(15-17-5-9-19(38)10-6-17)27(43)34-21(11-12-24(39)40)26(42)35-22(28(44)45)2-1-13-33-29(31)32/h3-10,20-23,37-38H,1-2,11-15,30H2,(H,34,43)(H,35,42)(H,36,41)(H,39,40)(H,44,45)(H4,31,32,33). The highest BCUT2D eigenvalue weighted by Gasteiger charge is 2.31. The summed E-state index contributed by atoms with van der Waals surface area (Å²) >= 11 is 0. The van der Waals surface area contributed by atoms with E-state index >= 15 is 0 Å². The molecule has 0 radical (unpaired) electrons. The van der Waals surface area contributed by atoms with Crippen LogP contribution in [0.15, 0.2) is 53.5 Å². The number of guanidine groups is 1. The minimum atomic E-state index is -1.47. The van der Waals surface area contributed by atoms with Gasteiger partial charge in [-0.05, 0) is 61.1 Å². The summed E-state index contributed by atoms with van der Waals surface area (Å²) < 4.78 is 0. The molecule has 16 heteroatoms. The van der Waals surface area contributed by atoms with Crippen LogP contribution >= 0.6 is 0 Å². The van der Waals surface area contributed by atoms with Crippen molar-refractivity contribution in [1.82, 2.24) is 16.0 Å². The number of carbonyl (C=O) groups is 5. The number of phenolic OH excluding ortho intramolecular Hbond substituents is 2. The zero-order valence-electron chi connectivity index (χ0n) is 24.4. The number of aromatic hydroxyl groups is 2. The smallest absolute Gasteiger partial charge is 0.326 e. The summed E-state index contributed by atoms with van der Waals surface area (Å²) in [6.45, 7) is 0.106. The number of hydrogen-bond acceptors (Lipinski definition) is 9. The Bertz CT molecular complexity index is 1350. The van der Waals surface area contributed by atoms with E-state index in [2.05, 4.69) is 20.9 Å². The average Bonchev–Trinajstić information content (AvgIpc) is 2.97. The SMILES string of the molecule is NC(N)=NCCCC(NC(=O)C(CCC(=O)O)NC(=O)C(Cc1ccc(O)cc1)NC(=O)C(N)Cc1ccc(O)cc1)C(=O)O. The van der Waals surface area contributed by atoms with Gasteiger partial charge in [0.15, 0.2) is 5.96 Å². The number of nitrogens with zero attached hydrogens (tertiary/aromatic N) is 1. The number of amides is 3. The van der Waals surface area contributed by atoms with Gasteiger partial charge in [-0.2, -0.15) is 0 Å². The summed E-state index contributed by atoms with van der Waals surface area (Å²) in [7, 11) is 0. The predicted octanol–water partition coefficient (Wildman–Crippen LogP) is -1.33. The second kappa shape index (κ2) is 17.7. The minimum absolute atomic E-state index is 0.0311. The molecule has 4 unspecified atom stereocenters. The van der Waals surface area contributed by atoms with Gasteiger partial charge in [0.2, 0.25) is 17.7 Å². The van der Waals surface area contributed by atoms with Gasteiger partial charge in [-0.3, -0.25) is 24.2 Å². The van der Waals surface area contributed by atoms with E-state index in [0.29, 0.717) is 11.1 Å². The van der Waals surface area contributed by atoms with E-state index in [1.165, 1.54) is 36.4 Å². The van der Waals surface area contributed by atoms with Crippen LogP contribution in [0.2, 0.25) is 0 Å². The fraction of sp³-hybridized carbons (Fsp3) is 0.379. The fourth-order valence-electron chi connectivity index (χ4n) is 4.18. The van der Waals surface area contributed by atoms with Crippen molar-refractivity contribution in [3.8, 4) is 11.5 Å². The molecular weight excluding hydrogens is 590 g/mol. The summed E-state index contributed by atoms with van der Waals surface area (Å²) in [4.78, 5) is 66.5. The van der Waals surface area contributed by atoms with Gasteiger partial charge in [-0.15, -0.1) is 0 Å². The van der Waals surface area contributed by atoms with E-state index in [0.717, 1.165) is 0 Å². The third-order valence-corrected chi connectivity index (χ3v) is 6.58. The van der Waals surface area contributed by atoms with Crippen molar-refractivity contribution in [3.05, 3.63) is 59.7 Å². The first-order chi connectivity index (χ1) is 21.2. The lowest BCUT2D eigenvalue weighted by Gasteiger charge is -2.25. The molecule has 4 atom stereocenters. The summed E-state index contributed by atoms with van der Waals surface area (Å²) in [5.74, 6) is -5.32. The first kappa shape index (κ1) is 35.8. The van der Waals surface area contributed by atoms with Crippen LogP contribution in [0, 0.1) is 0 Å². The first-order valence-corrected chi connectivity index (χ1v) is 14.0. The third kappa shape index (κ3) is 13.2. The van der Waals surface area contributed by atoms with Crippen LogP contribution in [0.1, 0.15) is 36.8 Å². The number of nitrogens with one attached hydrogen (secondary N) is 3. The normalized spacial score (nSPS) is 13.4. The zero-order valence-corrected chi connectivity index (χ0v) is 24.4. The van der Waals surface area contributed by atoms with E-state index < -0.39 is 60.2 Å². The first-order valence-electron chi connectivity index (χ1n) is 14.0. The summed E-state index contributed by atoms with van der Waals surface area (Å²) in [5, 5.41) is 45.2. The molecule has 0 aliphatic rings. The Kier molecular flexibility index (Phi) is 14.1. The highest BCUT2D eigenvalue weighted by molar-refractivity contribution is 5.94. The highest BCUT2D eigenvalue weighted by atomic mass is 16.4. The number of nitrogens with two attached hydrogens (primary N) is 3. The molecule has 0 spiro atoms. The number of phenols is 2. The van der Waals surface area contributed by atoms with Crippen molar-refractivity contribution < 1.29 is 44.4 Å². The number of carbonyl (C=O) groups excluding carboxylic acids is 3. The van der Waals surface area contributed by atoms with Crippen molar-refractivity contribution in [2.45, 2.75) is 62.7 Å². The Hall–Kier alpha value is -5.38. The maximum atomic E-state index is 13.5. The lowest BCUT2D eigenvalue weighted by molar-refractivity contribution is -0.143. The Labute approximate surface area is 258 Å². The van der Waals surface area contributed by atoms with Crippen LogP contribution in [0.4, 0.5) is 0 Å². The molecule has 0 saturated heterocycles. The highest BCUT2D eigenvalue weighted by Crippen LogP contribution is 2.14. The molecule has 13 N–H and O–H groups in total. The molecule has 0 heterocycles. The molecule has 3 amide bonds. The van der Waals surface area contributed by atoms with E-state index in [1.807, 2.05) is 0 Å². The van der Waals surface area contributed by atoms with Crippen molar-refractivity contribution in [2.24, 2.45) is 22.2 Å². The number of benzene rings is 2. The van der Waals surface area contributed by atoms with E-state index in [-0.39, 0.29) is 56.1 Å². The van der Waals surface area contributed by atoms with Gasteiger partial charge in [0.1, 0.15) is 29.6 Å². The van der Waals surface area contributed by atoms with Gasteiger partial charge in [-0.25, -0.2) is 4.79 Å². The van der Waals surface area contributed by atoms with E-state index in [4.69, 9.17) is 17.2 Å². The Balaban J connectivity index is 2.23. The van der Waals surface area contributed by atoms with Crippen molar-refractivity contribution in [2.75, 3.05) is 6.54 Å². The van der Waals surface area contributed by atoms with E-state index in [1.54, 1.807) is 12.1 Å². The van der Waals surface area contributed by atoms with Gasteiger partial charge >= 0.3 is 11.9 Å². The zero-order chi connectivity index (χ0) is 33.5. The number of aliphatic imine (C=N–C) groups is 1. The third-order valence-electron chi connectivity index (χ3n) is 6.58. The maximum Gasteiger partial charge on any atom is 0.326 e. The Morgan fingerprint density at radius 1 is 0.689 bits per heavy atom. The maximum absolute atomic E-state index is 13.5. The number of hydrogen-bond donors (Lipinski definition) is 10. The van der Waals surface area contributed by atoms with Crippen LogP contribution in [0.25, 0.3) is 0 Å². The van der Waals surface area contributed by atoms with Gasteiger partial charge in [0.25, 0.3) is 0 Å². The molecular formula is C29H39N7O9. The lowest BCUT2D eigenvalue weighted by atomic mass is 10.0. The number of carboxylic acid groups (broad SMARTS) is 2. The van der Waals surface area contributed by atoms with Crippen LogP contribution < -0.4 is 33.2 Å². The molecule has 2 aromatic rings. The molecule has 2 rings (SSSR count). The summed E-state index contributed by atoms with van der Waals surface area (Å²) in [6.07, 6.45) is -0.800. The second-order valence-electron chi connectivity index (χ2n) is 10.3.